The van der Waals surface area contributed by atoms with E-state index in [9.17, 15) is 22.8 Å². The molecule has 2 aliphatic rings. The Kier molecular flexibility index (Phi) is 5.56. The van der Waals surface area contributed by atoms with Gasteiger partial charge in [-0.15, -0.1) is 0 Å². The summed E-state index contributed by atoms with van der Waals surface area (Å²) < 4.78 is 52.9. The molecular weight excluding hydrogens is 451 g/mol. The number of pyridine rings is 1. The van der Waals surface area contributed by atoms with Crippen LogP contribution in [0.3, 0.4) is 0 Å². The van der Waals surface area contributed by atoms with Crippen LogP contribution in [0, 0.1) is 23.5 Å². The lowest BCUT2D eigenvalue weighted by Gasteiger charge is -2.39. The van der Waals surface area contributed by atoms with Gasteiger partial charge in [0.15, 0.2) is 18.2 Å². The number of nitrogens with one attached hydrogen (secondary N) is 1. The molecule has 10 heteroatoms. The van der Waals surface area contributed by atoms with Crippen molar-refractivity contribution in [2.24, 2.45) is 5.92 Å². The van der Waals surface area contributed by atoms with Gasteiger partial charge in [-0.2, -0.15) is 4.39 Å². The van der Waals surface area contributed by atoms with Crippen LogP contribution in [0.25, 0.3) is 11.3 Å². The highest BCUT2D eigenvalue weighted by Crippen LogP contribution is 2.32. The van der Waals surface area contributed by atoms with Crippen molar-refractivity contribution in [2.75, 3.05) is 31.6 Å². The molecule has 0 aliphatic carbocycles. The lowest BCUT2D eigenvalue weighted by Crippen LogP contribution is -2.52. The third-order valence-electron chi connectivity index (χ3n) is 5.59. The molecular formula is C24H18F3N3O4. The number of likely N-dealkylation sites (tertiary alicyclic amines) is 1. The van der Waals surface area contributed by atoms with Crippen molar-refractivity contribution in [3.63, 3.8) is 0 Å². The number of rotatable bonds is 5. The zero-order chi connectivity index (χ0) is 23.8. The molecule has 34 heavy (non-hydrogen) atoms. The molecule has 0 unspecified atom stereocenters. The van der Waals surface area contributed by atoms with E-state index in [0.29, 0.717) is 24.3 Å². The van der Waals surface area contributed by atoms with Crippen LogP contribution in [-0.2, 0) is 4.79 Å². The first kappa shape index (κ1) is 21.7. The molecule has 2 aromatic carbocycles. The monoisotopic (exact) mass is 469 g/mol. The maximum Gasteiger partial charge on any atom is 0.262 e. The van der Waals surface area contributed by atoms with Crippen LogP contribution in [0.5, 0.6) is 11.5 Å². The highest BCUT2D eigenvalue weighted by atomic mass is 19.1. The van der Waals surface area contributed by atoms with Crippen molar-refractivity contribution in [1.82, 2.24) is 9.88 Å². The number of anilines is 1. The van der Waals surface area contributed by atoms with Crippen LogP contribution in [0.1, 0.15) is 10.4 Å². The Balaban J connectivity index is 1.18. The Morgan fingerprint density at radius 2 is 1.94 bits per heavy atom. The van der Waals surface area contributed by atoms with E-state index in [-0.39, 0.29) is 47.8 Å². The number of halogens is 3. The minimum absolute atomic E-state index is 0.0291. The average molecular weight is 469 g/mol. The van der Waals surface area contributed by atoms with Crippen molar-refractivity contribution < 1.29 is 32.2 Å². The molecule has 7 nitrogen and oxygen atoms in total. The number of nitrogens with zero attached hydrogens (tertiary/aromatic N) is 2. The zero-order valence-electron chi connectivity index (χ0n) is 17.7. The van der Waals surface area contributed by atoms with Crippen LogP contribution in [-0.4, -0.2) is 48.0 Å². The molecule has 0 bridgehead atoms. The molecule has 1 fully saturated rings. The average Bonchev–Trinajstić information content (AvgIpc) is 2.78. The Labute approximate surface area is 192 Å². The number of fused-ring (bicyclic) bond motifs is 1. The van der Waals surface area contributed by atoms with Gasteiger partial charge in [-0.3, -0.25) is 9.59 Å². The topological polar surface area (TPSA) is 80.8 Å². The molecule has 0 atom stereocenters. The van der Waals surface area contributed by atoms with Crippen LogP contribution in [0.4, 0.5) is 18.9 Å². The predicted molar refractivity (Wildman–Crippen MR) is 115 cm³/mol. The normalized spacial score (nSPS) is 15.1. The molecule has 1 N–H and O–H groups in total. The number of carbonyl (C=O) groups is 2. The van der Waals surface area contributed by atoms with E-state index in [0.717, 1.165) is 6.07 Å². The van der Waals surface area contributed by atoms with Gasteiger partial charge in [0.2, 0.25) is 5.95 Å². The highest BCUT2D eigenvalue weighted by molar-refractivity contribution is 6.00. The molecule has 0 spiro atoms. The Morgan fingerprint density at radius 3 is 2.71 bits per heavy atom. The highest BCUT2D eigenvalue weighted by Gasteiger charge is 2.34. The summed E-state index contributed by atoms with van der Waals surface area (Å²) in [5.74, 6) is -2.77. The first-order valence-electron chi connectivity index (χ1n) is 10.5. The summed E-state index contributed by atoms with van der Waals surface area (Å²) in [5.41, 5.74) is 0.794. The first-order chi connectivity index (χ1) is 16.4. The molecule has 3 aromatic rings. The summed E-state index contributed by atoms with van der Waals surface area (Å²) in [6.45, 7) is 0.573. The summed E-state index contributed by atoms with van der Waals surface area (Å²) in [6, 6.07) is 10.8. The van der Waals surface area contributed by atoms with Crippen molar-refractivity contribution in [3.05, 3.63) is 71.7 Å². The fourth-order valence-electron chi connectivity index (χ4n) is 3.83. The number of carbonyl (C=O) groups excluding carboxylic acids is 2. The van der Waals surface area contributed by atoms with E-state index in [1.807, 2.05) is 0 Å². The molecule has 2 amide bonds. The van der Waals surface area contributed by atoms with E-state index >= 15 is 0 Å². The van der Waals surface area contributed by atoms with E-state index in [1.165, 1.54) is 35.2 Å². The van der Waals surface area contributed by atoms with E-state index in [4.69, 9.17) is 9.47 Å². The maximum atomic E-state index is 14.5. The number of hydrogen-bond acceptors (Lipinski definition) is 5. The van der Waals surface area contributed by atoms with Crippen molar-refractivity contribution in [2.45, 2.75) is 0 Å². The molecule has 0 radical (unpaired) electrons. The van der Waals surface area contributed by atoms with Gasteiger partial charge in [0.1, 0.15) is 11.6 Å². The molecule has 1 saturated heterocycles. The zero-order valence-corrected chi connectivity index (χ0v) is 17.7. The molecule has 0 saturated carbocycles. The summed E-state index contributed by atoms with van der Waals surface area (Å²) in [4.78, 5) is 29.3. The standard InChI is InChI=1S/C24H18F3N3O4/c25-16-8-21-19(29-23(31)12-34-21)7-15(16)24(32)30-9-13(10-30)11-33-20-5-4-14(6-17(20)26)18-2-1-3-22(27)28-18/h1-8,13H,9-12H2,(H,29,31). The molecule has 3 heterocycles. The molecule has 1 aromatic heterocycles. The van der Waals surface area contributed by atoms with Crippen molar-refractivity contribution in [3.8, 4) is 22.8 Å². The summed E-state index contributed by atoms with van der Waals surface area (Å²) in [7, 11) is 0. The molecule has 2 aliphatic heterocycles. The van der Waals surface area contributed by atoms with Crippen molar-refractivity contribution >= 4 is 17.5 Å². The summed E-state index contributed by atoms with van der Waals surface area (Å²) >= 11 is 0. The summed E-state index contributed by atoms with van der Waals surface area (Å²) in [6.07, 6.45) is 0. The molecule has 5 rings (SSSR count). The third kappa shape index (κ3) is 4.26. The van der Waals surface area contributed by atoms with Gasteiger partial charge in [-0.25, -0.2) is 13.8 Å². The van der Waals surface area contributed by atoms with E-state index < -0.39 is 23.5 Å². The van der Waals surface area contributed by atoms with Crippen LogP contribution in [0.15, 0.2) is 48.5 Å². The van der Waals surface area contributed by atoms with Crippen LogP contribution >= 0.6 is 0 Å². The van der Waals surface area contributed by atoms with Gasteiger partial charge < -0.3 is 19.7 Å². The fraction of sp³-hybridized carbons (Fsp3) is 0.208. The SMILES string of the molecule is O=C1COc2cc(F)c(C(=O)N3CC(COc4ccc(-c5cccc(F)n5)cc4F)C3)cc2N1. The molecule has 174 valence electrons. The second-order valence-electron chi connectivity index (χ2n) is 8.04. The lowest BCUT2D eigenvalue weighted by molar-refractivity contribution is -0.118. The van der Waals surface area contributed by atoms with Gasteiger partial charge in [-0.1, -0.05) is 6.07 Å². The third-order valence-corrected chi connectivity index (χ3v) is 5.59. The minimum atomic E-state index is -0.741. The predicted octanol–water partition coefficient (Wildman–Crippen LogP) is 3.65. The van der Waals surface area contributed by atoms with E-state index in [1.54, 1.807) is 12.1 Å². The Bertz CT molecular complexity index is 1290. The van der Waals surface area contributed by atoms with Gasteiger partial charge in [0.25, 0.3) is 11.8 Å². The first-order valence-corrected chi connectivity index (χ1v) is 10.5. The second-order valence-corrected chi connectivity index (χ2v) is 8.04. The lowest BCUT2D eigenvalue weighted by atomic mass is 9.99. The van der Waals surface area contributed by atoms with Crippen molar-refractivity contribution in [1.29, 1.82) is 0 Å². The van der Waals surface area contributed by atoms with E-state index in [2.05, 4.69) is 10.3 Å². The number of benzene rings is 2. The van der Waals surface area contributed by atoms with Gasteiger partial charge in [0, 0.05) is 30.6 Å². The fourth-order valence-corrected chi connectivity index (χ4v) is 3.83. The quantitative estimate of drug-likeness (QED) is 0.577. The number of aromatic nitrogens is 1. The summed E-state index contributed by atoms with van der Waals surface area (Å²) in [5, 5.41) is 2.55. The number of ether oxygens (including phenoxy) is 2. The van der Waals surface area contributed by atoms with Gasteiger partial charge >= 0.3 is 0 Å². The Morgan fingerprint density at radius 1 is 1.12 bits per heavy atom. The minimum Gasteiger partial charge on any atom is -0.490 e. The maximum absolute atomic E-state index is 14.5. The second kappa shape index (κ2) is 8.69. The van der Waals surface area contributed by atoms with Gasteiger partial charge in [0.05, 0.1) is 23.6 Å². The largest absolute Gasteiger partial charge is 0.490 e. The van der Waals surface area contributed by atoms with Gasteiger partial charge in [-0.05, 0) is 36.4 Å². The smallest absolute Gasteiger partial charge is 0.262 e. The Hall–Kier alpha value is -4.08. The van der Waals surface area contributed by atoms with Crippen LogP contribution < -0.4 is 14.8 Å². The number of amides is 2. The number of hydrogen-bond donors (Lipinski definition) is 1. The van der Waals surface area contributed by atoms with Crippen LogP contribution in [0.2, 0.25) is 0 Å².